The average Bonchev–Trinajstić information content (AvgIpc) is 2.74. The number of hydrogen-bond donors (Lipinski definition) is 0. The standard InChI is InChI=1S/C16H21NO2.C9H9BrF2/c1-5-11(2)10-17-13(4)14-9-16-15(8-12(14)3)18-6-7-19-16;1-5(2)8-7(11)4-3-6(10)9(8)12/h8-10H,5-7H2,1-4H3;3-5H,1-2H3/b11-10+,17-13?;. The van der Waals surface area contributed by atoms with Crippen LogP contribution in [0.2, 0.25) is 0 Å². The van der Waals surface area contributed by atoms with Crippen LogP contribution < -0.4 is 9.47 Å². The van der Waals surface area contributed by atoms with Gasteiger partial charge in [-0.05, 0) is 78.9 Å². The van der Waals surface area contributed by atoms with Gasteiger partial charge in [-0.25, -0.2) is 8.78 Å². The number of halogens is 3. The molecular formula is C25H30BrF2NO2. The Bertz CT molecular complexity index is 984. The van der Waals surface area contributed by atoms with Gasteiger partial charge < -0.3 is 9.47 Å². The third kappa shape index (κ3) is 6.63. The third-order valence-corrected chi connectivity index (χ3v) is 5.58. The molecule has 0 radical (unpaired) electrons. The van der Waals surface area contributed by atoms with E-state index < -0.39 is 11.6 Å². The molecule has 1 aliphatic rings. The predicted molar refractivity (Wildman–Crippen MR) is 127 cm³/mol. The highest BCUT2D eigenvalue weighted by Crippen LogP contribution is 2.33. The van der Waals surface area contributed by atoms with Gasteiger partial charge >= 0.3 is 0 Å². The first kappa shape index (κ1) is 25.1. The molecule has 168 valence electrons. The largest absolute Gasteiger partial charge is 0.486 e. The second-order valence-corrected chi connectivity index (χ2v) is 8.62. The van der Waals surface area contributed by atoms with E-state index in [0.717, 1.165) is 34.8 Å². The van der Waals surface area contributed by atoms with E-state index in [9.17, 15) is 8.78 Å². The Labute approximate surface area is 192 Å². The van der Waals surface area contributed by atoms with E-state index >= 15 is 0 Å². The summed E-state index contributed by atoms with van der Waals surface area (Å²) in [6, 6.07) is 6.69. The second-order valence-electron chi connectivity index (χ2n) is 7.77. The molecule has 1 heterocycles. The zero-order chi connectivity index (χ0) is 23.1. The highest BCUT2D eigenvalue weighted by Gasteiger charge is 2.16. The summed E-state index contributed by atoms with van der Waals surface area (Å²) >= 11 is 3.01. The number of hydrogen-bond acceptors (Lipinski definition) is 3. The fourth-order valence-electron chi connectivity index (χ4n) is 3.02. The number of rotatable bonds is 4. The van der Waals surface area contributed by atoms with E-state index in [1.807, 2.05) is 25.3 Å². The molecule has 0 amide bonds. The maximum absolute atomic E-state index is 13.2. The lowest BCUT2D eigenvalue weighted by Crippen LogP contribution is -2.16. The summed E-state index contributed by atoms with van der Waals surface area (Å²) < 4.78 is 37.8. The summed E-state index contributed by atoms with van der Waals surface area (Å²) in [5, 5.41) is 0. The van der Waals surface area contributed by atoms with Crippen molar-refractivity contribution in [2.75, 3.05) is 13.2 Å². The molecule has 0 aromatic heterocycles. The molecule has 0 unspecified atom stereocenters. The van der Waals surface area contributed by atoms with Crippen LogP contribution in [0, 0.1) is 18.6 Å². The van der Waals surface area contributed by atoms with Crippen LogP contribution in [0.3, 0.4) is 0 Å². The van der Waals surface area contributed by atoms with E-state index in [1.54, 1.807) is 13.8 Å². The van der Waals surface area contributed by atoms with Gasteiger partial charge in [-0.1, -0.05) is 26.3 Å². The van der Waals surface area contributed by atoms with Crippen LogP contribution in [0.15, 0.2) is 45.5 Å². The first-order valence-corrected chi connectivity index (χ1v) is 11.2. The lowest BCUT2D eigenvalue weighted by atomic mass is 10.0. The lowest BCUT2D eigenvalue weighted by molar-refractivity contribution is 0.171. The van der Waals surface area contributed by atoms with Crippen LogP contribution in [0.4, 0.5) is 8.78 Å². The fourth-order valence-corrected chi connectivity index (χ4v) is 3.37. The molecule has 3 nitrogen and oxygen atoms in total. The molecule has 0 fully saturated rings. The Morgan fingerprint density at radius 1 is 1.13 bits per heavy atom. The van der Waals surface area contributed by atoms with Gasteiger partial charge in [0.2, 0.25) is 0 Å². The van der Waals surface area contributed by atoms with Crippen molar-refractivity contribution in [3.8, 4) is 11.5 Å². The molecule has 3 rings (SSSR count). The van der Waals surface area contributed by atoms with Gasteiger partial charge in [0.1, 0.15) is 24.8 Å². The Kier molecular flexibility index (Phi) is 9.23. The van der Waals surface area contributed by atoms with Crippen molar-refractivity contribution in [1.29, 1.82) is 0 Å². The van der Waals surface area contributed by atoms with E-state index in [-0.39, 0.29) is 11.5 Å². The van der Waals surface area contributed by atoms with Crippen molar-refractivity contribution in [3.63, 3.8) is 0 Å². The molecule has 6 heteroatoms. The molecule has 0 spiro atoms. The number of benzene rings is 2. The number of aryl methyl sites for hydroxylation is 1. The topological polar surface area (TPSA) is 30.8 Å². The van der Waals surface area contributed by atoms with Crippen molar-refractivity contribution >= 4 is 21.6 Å². The molecule has 0 bridgehead atoms. The van der Waals surface area contributed by atoms with Gasteiger partial charge in [-0.3, -0.25) is 4.99 Å². The first-order chi connectivity index (χ1) is 14.6. The molecule has 1 aliphatic heterocycles. The van der Waals surface area contributed by atoms with Crippen LogP contribution >= 0.6 is 15.9 Å². The lowest BCUT2D eigenvalue weighted by Gasteiger charge is -2.20. The van der Waals surface area contributed by atoms with Crippen LogP contribution in [-0.4, -0.2) is 18.9 Å². The molecule has 2 aromatic carbocycles. The Morgan fingerprint density at radius 3 is 2.29 bits per heavy atom. The van der Waals surface area contributed by atoms with Gasteiger partial charge in [0.05, 0.1) is 4.47 Å². The van der Waals surface area contributed by atoms with Crippen LogP contribution in [-0.2, 0) is 0 Å². The second kappa shape index (κ2) is 11.4. The van der Waals surface area contributed by atoms with Crippen molar-refractivity contribution in [2.45, 2.75) is 53.9 Å². The van der Waals surface area contributed by atoms with Crippen LogP contribution in [0.5, 0.6) is 11.5 Å². The molecule has 0 saturated carbocycles. The van der Waals surface area contributed by atoms with E-state index in [4.69, 9.17) is 9.47 Å². The van der Waals surface area contributed by atoms with Gasteiger partial charge in [0.25, 0.3) is 0 Å². The maximum atomic E-state index is 13.2. The summed E-state index contributed by atoms with van der Waals surface area (Å²) in [7, 11) is 0. The molecule has 0 aliphatic carbocycles. The first-order valence-electron chi connectivity index (χ1n) is 10.4. The van der Waals surface area contributed by atoms with Crippen LogP contribution in [0.25, 0.3) is 0 Å². The minimum atomic E-state index is -0.495. The Morgan fingerprint density at radius 2 is 1.74 bits per heavy atom. The molecular weight excluding hydrogens is 464 g/mol. The van der Waals surface area contributed by atoms with E-state index in [2.05, 4.69) is 41.7 Å². The number of aliphatic imine (C=N–C) groups is 1. The SMILES string of the molecule is CC(C)c1c(F)ccc(Br)c1F.CC/C(C)=C/N=C(C)c1cc2c(cc1C)OCCO2. The molecule has 0 atom stereocenters. The van der Waals surface area contributed by atoms with Crippen molar-refractivity contribution in [1.82, 2.24) is 0 Å². The molecule has 31 heavy (non-hydrogen) atoms. The van der Waals surface area contributed by atoms with Gasteiger partial charge in [-0.15, -0.1) is 0 Å². The van der Waals surface area contributed by atoms with Crippen molar-refractivity contribution in [2.24, 2.45) is 4.99 Å². The summed E-state index contributed by atoms with van der Waals surface area (Å²) in [5.41, 5.74) is 4.69. The number of ether oxygens (including phenoxy) is 2. The Balaban J connectivity index is 0.000000245. The number of allylic oxidation sites excluding steroid dienone is 1. The molecule has 0 N–H and O–H groups in total. The molecule has 2 aromatic rings. The summed E-state index contributed by atoms with van der Waals surface area (Å²) in [4.78, 5) is 4.53. The maximum Gasteiger partial charge on any atom is 0.162 e. The number of fused-ring (bicyclic) bond motifs is 1. The zero-order valence-corrected chi connectivity index (χ0v) is 20.6. The third-order valence-electron chi connectivity index (χ3n) is 4.97. The monoisotopic (exact) mass is 493 g/mol. The van der Waals surface area contributed by atoms with Gasteiger partial charge in [0.15, 0.2) is 11.5 Å². The normalized spacial score (nSPS) is 13.7. The fraction of sp³-hybridized carbons (Fsp3) is 0.400. The summed E-state index contributed by atoms with van der Waals surface area (Å²) in [5.74, 6) is 0.538. The average molecular weight is 494 g/mol. The highest BCUT2D eigenvalue weighted by atomic mass is 79.9. The minimum absolute atomic E-state index is 0.137. The van der Waals surface area contributed by atoms with Gasteiger partial charge in [0, 0.05) is 23.0 Å². The zero-order valence-electron chi connectivity index (χ0n) is 19.0. The van der Waals surface area contributed by atoms with E-state index in [1.165, 1.54) is 17.7 Å². The van der Waals surface area contributed by atoms with Crippen molar-refractivity contribution < 1.29 is 18.3 Å². The summed E-state index contributed by atoms with van der Waals surface area (Å²) in [6.07, 6.45) is 2.96. The Hall–Kier alpha value is -2.21. The predicted octanol–water partition coefficient (Wildman–Crippen LogP) is 7.74. The smallest absolute Gasteiger partial charge is 0.162 e. The molecule has 0 saturated heterocycles. The van der Waals surface area contributed by atoms with Crippen molar-refractivity contribution in [3.05, 3.63) is 68.8 Å². The van der Waals surface area contributed by atoms with Gasteiger partial charge in [-0.2, -0.15) is 0 Å². The van der Waals surface area contributed by atoms with E-state index in [0.29, 0.717) is 17.7 Å². The minimum Gasteiger partial charge on any atom is -0.486 e. The summed E-state index contributed by atoms with van der Waals surface area (Å²) in [6.45, 7) is 13.1. The highest BCUT2D eigenvalue weighted by molar-refractivity contribution is 9.10. The van der Waals surface area contributed by atoms with Crippen LogP contribution in [0.1, 0.15) is 63.6 Å². The quantitative estimate of drug-likeness (QED) is 0.322. The number of nitrogens with zero attached hydrogens (tertiary/aromatic N) is 1.